The summed E-state index contributed by atoms with van der Waals surface area (Å²) in [5.74, 6) is 0.222. The van der Waals surface area contributed by atoms with Crippen molar-refractivity contribution in [3.05, 3.63) is 70.7 Å². The summed E-state index contributed by atoms with van der Waals surface area (Å²) < 4.78 is 18.7. The normalized spacial score (nSPS) is 12.8. The zero-order chi connectivity index (χ0) is 13.4. The van der Waals surface area contributed by atoms with E-state index in [1.807, 2.05) is 30.3 Å². The number of nitrogens with two attached hydrogens (primary N) is 1. The van der Waals surface area contributed by atoms with Gasteiger partial charge in [-0.25, -0.2) is 4.39 Å². The quantitative estimate of drug-likeness (QED) is 0.758. The summed E-state index contributed by atoms with van der Waals surface area (Å²) >= 11 is 6.01. The predicted octanol–water partition coefficient (Wildman–Crippen LogP) is 4.27. The average Bonchev–Trinajstić information content (AvgIpc) is 2.81. The molecule has 0 radical (unpaired) electrons. The second-order valence-electron chi connectivity index (χ2n) is 4.33. The third-order valence-electron chi connectivity index (χ3n) is 3.05. The smallest absolute Gasteiger partial charge is 0.134 e. The van der Waals surface area contributed by atoms with Gasteiger partial charge in [0.05, 0.1) is 6.04 Å². The maximum Gasteiger partial charge on any atom is 0.134 e. The third-order valence-corrected chi connectivity index (χ3v) is 3.38. The summed E-state index contributed by atoms with van der Waals surface area (Å²) in [6.07, 6.45) is 0. The summed E-state index contributed by atoms with van der Waals surface area (Å²) in [6, 6.07) is 13.2. The molecule has 0 saturated carbocycles. The highest BCUT2D eigenvalue weighted by Crippen LogP contribution is 2.30. The van der Waals surface area contributed by atoms with E-state index in [0.29, 0.717) is 16.3 Å². The van der Waals surface area contributed by atoms with E-state index >= 15 is 0 Å². The lowest BCUT2D eigenvalue weighted by atomic mass is 10.1. The maximum atomic E-state index is 13.0. The summed E-state index contributed by atoms with van der Waals surface area (Å²) in [5.41, 5.74) is 7.54. The van der Waals surface area contributed by atoms with Gasteiger partial charge in [-0.1, -0.05) is 35.9 Å². The van der Waals surface area contributed by atoms with Crippen LogP contribution in [0.2, 0.25) is 5.02 Å². The topological polar surface area (TPSA) is 39.2 Å². The van der Waals surface area contributed by atoms with Gasteiger partial charge in [-0.05, 0) is 29.8 Å². The molecule has 96 valence electrons. The molecule has 1 atom stereocenters. The minimum atomic E-state index is -0.513. The van der Waals surface area contributed by atoms with Crippen LogP contribution in [0.25, 0.3) is 11.0 Å². The fourth-order valence-electron chi connectivity index (χ4n) is 2.06. The van der Waals surface area contributed by atoms with Crippen molar-refractivity contribution in [2.24, 2.45) is 5.73 Å². The van der Waals surface area contributed by atoms with Crippen molar-refractivity contribution in [1.29, 1.82) is 0 Å². The van der Waals surface area contributed by atoms with Crippen LogP contribution in [0.5, 0.6) is 0 Å². The second-order valence-corrected chi connectivity index (χ2v) is 4.74. The number of benzene rings is 2. The van der Waals surface area contributed by atoms with Gasteiger partial charge in [0.2, 0.25) is 0 Å². The van der Waals surface area contributed by atoms with Crippen LogP contribution in [0, 0.1) is 5.82 Å². The Morgan fingerprint density at radius 2 is 1.89 bits per heavy atom. The molecule has 0 aliphatic carbocycles. The van der Waals surface area contributed by atoms with E-state index in [2.05, 4.69) is 0 Å². The van der Waals surface area contributed by atoms with E-state index in [9.17, 15) is 4.39 Å². The highest BCUT2D eigenvalue weighted by atomic mass is 35.5. The molecule has 0 saturated heterocycles. The second kappa shape index (κ2) is 4.68. The lowest BCUT2D eigenvalue weighted by Gasteiger charge is -2.10. The molecule has 19 heavy (non-hydrogen) atoms. The monoisotopic (exact) mass is 275 g/mol. The lowest BCUT2D eigenvalue weighted by Crippen LogP contribution is -2.11. The van der Waals surface area contributed by atoms with Gasteiger partial charge in [-0.15, -0.1) is 0 Å². The van der Waals surface area contributed by atoms with Gasteiger partial charge in [0, 0.05) is 10.4 Å². The SMILES string of the molecule is NC(c1cc2ccccc2o1)c1ccc(F)cc1Cl. The first-order valence-electron chi connectivity index (χ1n) is 5.84. The number of hydrogen-bond acceptors (Lipinski definition) is 2. The number of furan rings is 1. The molecule has 2 nitrogen and oxygen atoms in total. The van der Waals surface area contributed by atoms with Crippen molar-refractivity contribution in [2.75, 3.05) is 0 Å². The molecule has 0 aliphatic heterocycles. The van der Waals surface area contributed by atoms with Gasteiger partial charge in [0.15, 0.2) is 0 Å². The molecule has 4 heteroatoms. The molecular weight excluding hydrogens is 265 g/mol. The molecule has 0 bridgehead atoms. The molecule has 3 aromatic rings. The molecule has 0 amide bonds. The van der Waals surface area contributed by atoms with Gasteiger partial charge in [0.25, 0.3) is 0 Å². The van der Waals surface area contributed by atoms with Crippen LogP contribution in [0.4, 0.5) is 4.39 Å². The first-order valence-corrected chi connectivity index (χ1v) is 6.22. The zero-order valence-corrected chi connectivity index (χ0v) is 10.7. The number of halogens is 2. The molecule has 0 fully saturated rings. The fraction of sp³-hybridized carbons (Fsp3) is 0.0667. The van der Waals surface area contributed by atoms with Crippen molar-refractivity contribution in [2.45, 2.75) is 6.04 Å². The Kier molecular flexibility index (Phi) is 3.01. The van der Waals surface area contributed by atoms with Gasteiger partial charge in [-0.2, -0.15) is 0 Å². The molecule has 1 heterocycles. The molecule has 3 rings (SSSR count). The molecule has 2 aromatic carbocycles. The maximum absolute atomic E-state index is 13.0. The summed E-state index contributed by atoms with van der Waals surface area (Å²) in [4.78, 5) is 0. The van der Waals surface area contributed by atoms with Crippen molar-refractivity contribution in [1.82, 2.24) is 0 Å². The van der Waals surface area contributed by atoms with Gasteiger partial charge in [-0.3, -0.25) is 0 Å². The van der Waals surface area contributed by atoms with E-state index in [1.54, 1.807) is 6.07 Å². The Morgan fingerprint density at radius 3 is 2.63 bits per heavy atom. The molecule has 1 unspecified atom stereocenters. The van der Waals surface area contributed by atoms with Crippen LogP contribution < -0.4 is 5.73 Å². The zero-order valence-electron chi connectivity index (χ0n) is 9.94. The Balaban J connectivity index is 2.05. The molecule has 1 aromatic heterocycles. The van der Waals surface area contributed by atoms with E-state index in [-0.39, 0.29) is 5.82 Å². The summed E-state index contributed by atoms with van der Waals surface area (Å²) in [5, 5.41) is 1.28. The molecule has 0 spiro atoms. The minimum Gasteiger partial charge on any atom is -0.459 e. The number of hydrogen-bond donors (Lipinski definition) is 1. The first kappa shape index (κ1) is 12.2. The Hall–Kier alpha value is -1.84. The van der Waals surface area contributed by atoms with Crippen LogP contribution in [0.3, 0.4) is 0 Å². The number of rotatable bonds is 2. The summed E-state index contributed by atoms with van der Waals surface area (Å²) in [7, 11) is 0. The largest absolute Gasteiger partial charge is 0.459 e. The van der Waals surface area contributed by atoms with Crippen LogP contribution in [-0.2, 0) is 0 Å². The van der Waals surface area contributed by atoms with Crippen LogP contribution in [0.15, 0.2) is 52.9 Å². The Labute approximate surface area is 114 Å². The van der Waals surface area contributed by atoms with Crippen LogP contribution in [-0.4, -0.2) is 0 Å². The number of para-hydroxylation sites is 1. The Bertz CT molecular complexity index is 705. The minimum absolute atomic E-state index is 0.299. The lowest BCUT2D eigenvalue weighted by molar-refractivity contribution is 0.524. The predicted molar refractivity (Wildman–Crippen MR) is 73.7 cm³/mol. The average molecular weight is 276 g/mol. The van der Waals surface area contributed by atoms with E-state index in [4.69, 9.17) is 21.8 Å². The highest BCUT2D eigenvalue weighted by Gasteiger charge is 2.17. The molecular formula is C15H11ClFNO. The molecule has 2 N–H and O–H groups in total. The molecule has 0 aliphatic rings. The van der Waals surface area contributed by atoms with Crippen molar-refractivity contribution in [3.8, 4) is 0 Å². The van der Waals surface area contributed by atoms with E-state index < -0.39 is 6.04 Å². The fourth-order valence-corrected chi connectivity index (χ4v) is 2.35. The van der Waals surface area contributed by atoms with Gasteiger partial charge in [0.1, 0.15) is 17.2 Å². The van der Waals surface area contributed by atoms with E-state index in [1.165, 1.54) is 12.1 Å². The van der Waals surface area contributed by atoms with Gasteiger partial charge >= 0.3 is 0 Å². The highest BCUT2D eigenvalue weighted by molar-refractivity contribution is 6.31. The van der Waals surface area contributed by atoms with Crippen molar-refractivity contribution >= 4 is 22.6 Å². The van der Waals surface area contributed by atoms with Crippen LogP contribution in [0.1, 0.15) is 17.4 Å². The standard InChI is InChI=1S/C15H11ClFNO/c16-12-8-10(17)5-6-11(12)15(18)14-7-9-3-1-2-4-13(9)19-14/h1-8,15H,18H2. The van der Waals surface area contributed by atoms with Crippen molar-refractivity contribution in [3.63, 3.8) is 0 Å². The van der Waals surface area contributed by atoms with Gasteiger partial charge < -0.3 is 10.2 Å². The third kappa shape index (κ3) is 2.23. The Morgan fingerprint density at radius 1 is 1.11 bits per heavy atom. The van der Waals surface area contributed by atoms with E-state index in [0.717, 1.165) is 11.0 Å². The van der Waals surface area contributed by atoms with Crippen molar-refractivity contribution < 1.29 is 8.81 Å². The number of fused-ring (bicyclic) bond motifs is 1. The van der Waals surface area contributed by atoms with Crippen LogP contribution >= 0.6 is 11.6 Å². The first-order chi connectivity index (χ1) is 9.15. The summed E-state index contributed by atoms with van der Waals surface area (Å²) in [6.45, 7) is 0.